The molecule has 1 aromatic heterocycles. The predicted octanol–water partition coefficient (Wildman–Crippen LogP) is 1.63. The van der Waals surface area contributed by atoms with E-state index in [1.54, 1.807) is 39.5 Å². The second-order valence-corrected chi connectivity index (χ2v) is 5.61. The van der Waals surface area contributed by atoms with Crippen LogP contribution in [-0.4, -0.2) is 45.4 Å². The first-order chi connectivity index (χ1) is 12.1. The number of H-pyrrole nitrogens is 1. The zero-order chi connectivity index (χ0) is 18.2. The molecule has 2 N–H and O–H groups in total. The fraction of sp³-hybridized carbons (Fsp3) is 0.444. The van der Waals surface area contributed by atoms with Gasteiger partial charge in [-0.25, -0.2) is 0 Å². The van der Waals surface area contributed by atoms with Crippen LogP contribution in [0.1, 0.15) is 18.4 Å². The van der Waals surface area contributed by atoms with Gasteiger partial charge in [-0.05, 0) is 25.0 Å². The molecule has 1 amide bonds. The molecule has 0 atom stereocenters. The van der Waals surface area contributed by atoms with Crippen molar-refractivity contribution in [2.24, 2.45) is 0 Å². The van der Waals surface area contributed by atoms with Gasteiger partial charge in [0.05, 0.1) is 19.7 Å². The summed E-state index contributed by atoms with van der Waals surface area (Å²) in [6.45, 7) is 1.17. The number of aryl methyl sites for hydroxylation is 1. The summed E-state index contributed by atoms with van der Waals surface area (Å²) in [5.41, 5.74) is 1.02. The van der Waals surface area contributed by atoms with Crippen LogP contribution in [-0.2, 0) is 16.0 Å². The van der Waals surface area contributed by atoms with Crippen molar-refractivity contribution in [3.63, 3.8) is 0 Å². The van der Waals surface area contributed by atoms with Crippen molar-refractivity contribution in [3.8, 4) is 11.5 Å². The molecule has 2 aromatic rings. The summed E-state index contributed by atoms with van der Waals surface area (Å²) < 4.78 is 15.5. The average molecular weight is 348 g/mol. The van der Waals surface area contributed by atoms with E-state index in [0.29, 0.717) is 42.2 Å². The van der Waals surface area contributed by atoms with Crippen LogP contribution in [0.3, 0.4) is 0 Å². The molecule has 0 fully saturated rings. The molecule has 0 aliphatic rings. The number of nitrogens with one attached hydrogen (secondary N) is 2. The Morgan fingerprint density at radius 1 is 1.12 bits per heavy atom. The Bertz CT molecular complexity index is 785. The number of aromatic amines is 1. The predicted molar refractivity (Wildman–Crippen MR) is 95.5 cm³/mol. The molecule has 0 saturated carbocycles. The Morgan fingerprint density at radius 2 is 1.84 bits per heavy atom. The highest BCUT2D eigenvalue weighted by molar-refractivity contribution is 5.83. The summed E-state index contributed by atoms with van der Waals surface area (Å²) in [5, 5.41) is 3.64. The first-order valence-corrected chi connectivity index (χ1v) is 8.12. The third kappa shape index (κ3) is 4.96. The minimum absolute atomic E-state index is 0.0806. The molecule has 0 aliphatic carbocycles. The van der Waals surface area contributed by atoms with Gasteiger partial charge in [-0.15, -0.1) is 0 Å². The van der Waals surface area contributed by atoms with Gasteiger partial charge in [-0.2, -0.15) is 0 Å². The van der Waals surface area contributed by atoms with Crippen LogP contribution in [0.5, 0.6) is 11.5 Å². The molecule has 0 unspecified atom stereocenters. The van der Waals surface area contributed by atoms with E-state index in [4.69, 9.17) is 14.2 Å². The maximum absolute atomic E-state index is 12.2. The van der Waals surface area contributed by atoms with Gasteiger partial charge in [-0.3, -0.25) is 9.59 Å². The highest BCUT2D eigenvalue weighted by Gasteiger charge is 2.10. The third-order valence-corrected chi connectivity index (χ3v) is 3.89. The highest BCUT2D eigenvalue weighted by Crippen LogP contribution is 2.31. The van der Waals surface area contributed by atoms with Crippen molar-refractivity contribution < 1.29 is 19.0 Å². The van der Waals surface area contributed by atoms with E-state index in [1.165, 1.54) is 0 Å². The SMILES string of the molecule is COCCCNC(=O)CCc1cc2cc(OC)c(OC)cc2[nH]c1=O. The van der Waals surface area contributed by atoms with Crippen molar-refractivity contribution in [1.29, 1.82) is 0 Å². The molecule has 0 aliphatic heterocycles. The van der Waals surface area contributed by atoms with Gasteiger partial charge in [-0.1, -0.05) is 0 Å². The molecule has 1 heterocycles. The van der Waals surface area contributed by atoms with E-state index in [2.05, 4.69) is 10.3 Å². The van der Waals surface area contributed by atoms with E-state index >= 15 is 0 Å². The van der Waals surface area contributed by atoms with Crippen molar-refractivity contribution >= 4 is 16.8 Å². The van der Waals surface area contributed by atoms with Gasteiger partial charge in [0.15, 0.2) is 11.5 Å². The number of methoxy groups -OCH3 is 3. The smallest absolute Gasteiger partial charge is 0.251 e. The number of ether oxygens (including phenoxy) is 3. The van der Waals surface area contributed by atoms with Crippen LogP contribution >= 0.6 is 0 Å². The van der Waals surface area contributed by atoms with Gasteiger partial charge in [0.2, 0.25) is 5.91 Å². The lowest BCUT2D eigenvalue weighted by Gasteiger charge is -2.10. The van der Waals surface area contributed by atoms with E-state index in [-0.39, 0.29) is 17.9 Å². The van der Waals surface area contributed by atoms with Crippen LogP contribution in [0.25, 0.3) is 10.9 Å². The number of hydrogen-bond donors (Lipinski definition) is 2. The number of carbonyl (C=O) groups is 1. The van der Waals surface area contributed by atoms with Gasteiger partial charge in [0, 0.05) is 43.7 Å². The lowest BCUT2D eigenvalue weighted by Crippen LogP contribution is -2.26. The Hall–Kier alpha value is -2.54. The minimum Gasteiger partial charge on any atom is -0.493 e. The first kappa shape index (κ1) is 18.8. The van der Waals surface area contributed by atoms with E-state index in [9.17, 15) is 9.59 Å². The summed E-state index contributed by atoms with van der Waals surface area (Å²) >= 11 is 0. The molecule has 0 saturated heterocycles. The molecule has 7 nitrogen and oxygen atoms in total. The average Bonchev–Trinajstić information content (AvgIpc) is 2.62. The molecule has 25 heavy (non-hydrogen) atoms. The van der Waals surface area contributed by atoms with E-state index < -0.39 is 0 Å². The third-order valence-electron chi connectivity index (χ3n) is 3.89. The largest absolute Gasteiger partial charge is 0.493 e. The van der Waals surface area contributed by atoms with Gasteiger partial charge < -0.3 is 24.5 Å². The van der Waals surface area contributed by atoms with Crippen LogP contribution in [0.2, 0.25) is 0 Å². The Labute approximate surface area is 146 Å². The summed E-state index contributed by atoms with van der Waals surface area (Å²) in [4.78, 5) is 26.9. The molecule has 7 heteroatoms. The molecule has 1 aromatic carbocycles. The van der Waals surface area contributed by atoms with Crippen molar-refractivity contribution in [2.45, 2.75) is 19.3 Å². The van der Waals surface area contributed by atoms with E-state index in [1.807, 2.05) is 0 Å². The topological polar surface area (TPSA) is 89.7 Å². The lowest BCUT2D eigenvalue weighted by molar-refractivity contribution is -0.121. The quantitative estimate of drug-likeness (QED) is 0.672. The first-order valence-electron chi connectivity index (χ1n) is 8.12. The van der Waals surface area contributed by atoms with Crippen molar-refractivity contribution in [1.82, 2.24) is 10.3 Å². The van der Waals surface area contributed by atoms with Crippen LogP contribution in [0, 0.1) is 0 Å². The maximum atomic E-state index is 12.2. The Morgan fingerprint density at radius 3 is 2.52 bits per heavy atom. The molecule has 0 spiro atoms. The van der Waals surface area contributed by atoms with Crippen molar-refractivity contribution in [3.05, 3.63) is 34.1 Å². The minimum atomic E-state index is -0.202. The Balaban J connectivity index is 2.09. The van der Waals surface area contributed by atoms with E-state index in [0.717, 1.165) is 11.8 Å². The standard InChI is InChI=1S/C18H24N2O5/c1-23-8-4-7-19-17(21)6-5-12-9-13-10-15(24-2)16(25-3)11-14(13)20-18(12)22/h9-11H,4-8H2,1-3H3,(H,19,21)(H,20,22). The molecule has 0 radical (unpaired) electrons. The lowest BCUT2D eigenvalue weighted by atomic mass is 10.1. The fourth-order valence-electron chi connectivity index (χ4n) is 2.54. The van der Waals surface area contributed by atoms with Crippen molar-refractivity contribution in [2.75, 3.05) is 34.5 Å². The number of rotatable bonds is 9. The zero-order valence-electron chi connectivity index (χ0n) is 14.8. The summed E-state index contributed by atoms with van der Waals surface area (Å²) in [5.74, 6) is 1.06. The van der Waals surface area contributed by atoms with Gasteiger partial charge in [0.25, 0.3) is 5.56 Å². The molecule has 136 valence electrons. The van der Waals surface area contributed by atoms with Crippen LogP contribution in [0.4, 0.5) is 0 Å². The normalized spacial score (nSPS) is 10.7. The highest BCUT2D eigenvalue weighted by atomic mass is 16.5. The summed E-state index contributed by atoms with van der Waals surface area (Å²) in [6.07, 6.45) is 1.39. The summed E-state index contributed by atoms with van der Waals surface area (Å²) in [7, 11) is 4.73. The number of pyridine rings is 1. The number of carbonyl (C=O) groups excluding carboxylic acids is 1. The Kier molecular flexibility index (Phi) is 6.82. The van der Waals surface area contributed by atoms with Gasteiger partial charge >= 0.3 is 0 Å². The van der Waals surface area contributed by atoms with Gasteiger partial charge in [0.1, 0.15) is 0 Å². The second-order valence-electron chi connectivity index (χ2n) is 5.61. The summed E-state index contributed by atoms with van der Waals surface area (Å²) in [6, 6.07) is 5.31. The van der Waals surface area contributed by atoms with Crippen LogP contribution in [0.15, 0.2) is 23.0 Å². The molecular weight excluding hydrogens is 324 g/mol. The monoisotopic (exact) mass is 348 g/mol. The number of amides is 1. The number of aromatic nitrogens is 1. The molecule has 0 bridgehead atoms. The zero-order valence-corrected chi connectivity index (χ0v) is 14.8. The molecular formula is C18H24N2O5. The number of hydrogen-bond acceptors (Lipinski definition) is 5. The molecule has 2 rings (SSSR count). The maximum Gasteiger partial charge on any atom is 0.251 e. The van der Waals surface area contributed by atoms with Crippen LogP contribution < -0.4 is 20.3 Å². The fourth-order valence-corrected chi connectivity index (χ4v) is 2.54. The number of benzene rings is 1. The second kappa shape index (κ2) is 9.08. The number of fused-ring (bicyclic) bond motifs is 1.